The van der Waals surface area contributed by atoms with E-state index in [9.17, 15) is 13.6 Å². The number of primary amides is 1. The lowest BCUT2D eigenvalue weighted by Crippen LogP contribution is -2.31. The van der Waals surface area contributed by atoms with E-state index in [0.717, 1.165) is 43.6 Å². The first kappa shape index (κ1) is 24.1. The first-order valence-electron chi connectivity index (χ1n) is 11.5. The van der Waals surface area contributed by atoms with E-state index >= 15 is 0 Å². The van der Waals surface area contributed by atoms with Crippen LogP contribution in [0.2, 0.25) is 0 Å². The first-order valence-corrected chi connectivity index (χ1v) is 11.5. The van der Waals surface area contributed by atoms with Crippen molar-refractivity contribution in [2.75, 3.05) is 19.7 Å². The molecule has 0 atom stereocenters. The molecule has 1 fully saturated rings. The molecule has 1 aliphatic heterocycles. The van der Waals surface area contributed by atoms with Crippen molar-refractivity contribution in [3.05, 3.63) is 71.1 Å². The van der Waals surface area contributed by atoms with Crippen LogP contribution in [0.1, 0.15) is 41.6 Å². The second-order valence-corrected chi connectivity index (χ2v) is 8.91. The third kappa shape index (κ3) is 4.89. The van der Waals surface area contributed by atoms with Gasteiger partial charge in [0.1, 0.15) is 12.4 Å². The van der Waals surface area contributed by atoms with Gasteiger partial charge in [0.25, 0.3) is 0 Å². The number of benzene rings is 2. The van der Waals surface area contributed by atoms with Gasteiger partial charge in [-0.05, 0) is 61.9 Å². The molecule has 5 nitrogen and oxygen atoms in total. The predicted octanol–water partition coefficient (Wildman–Crippen LogP) is 5.37. The molecule has 1 aromatic heterocycles. The van der Waals surface area contributed by atoms with Crippen molar-refractivity contribution in [1.82, 2.24) is 9.47 Å². The summed E-state index contributed by atoms with van der Waals surface area (Å²) in [6.07, 6.45) is 8.00. The van der Waals surface area contributed by atoms with E-state index in [0.29, 0.717) is 17.0 Å². The van der Waals surface area contributed by atoms with Crippen LogP contribution in [0.15, 0.2) is 48.3 Å². The fourth-order valence-electron chi connectivity index (χ4n) is 4.56. The molecule has 0 spiro atoms. The number of nitrogens with two attached hydrogens (primary N) is 1. The van der Waals surface area contributed by atoms with E-state index in [-0.39, 0.29) is 36.1 Å². The van der Waals surface area contributed by atoms with Crippen LogP contribution in [0.4, 0.5) is 8.78 Å². The number of unbranched alkanes of at least 4 members (excludes halogenated alkanes) is 1. The molecule has 1 aliphatic carbocycles. The van der Waals surface area contributed by atoms with Gasteiger partial charge in [0, 0.05) is 36.8 Å². The van der Waals surface area contributed by atoms with Crippen molar-refractivity contribution in [1.29, 1.82) is 0 Å². The number of nitrogens with zero attached hydrogens (tertiary/aromatic N) is 2. The monoisotopic (exact) mass is 487 g/mol. The number of aromatic nitrogens is 1. The number of fused-ring (bicyclic) bond motifs is 2. The molecule has 2 N–H and O–H groups in total. The Balaban J connectivity index is 0.00000274. The maximum atomic E-state index is 14.2. The molecule has 0 saturated heterocycles. The van der Waals surface area contributed by atoms with Crippen molar-refractivity contribution in [3.63, 3.8) is 0 Å². The minimum absolute atomic E-state index is 0. The molecule has 180 valence electrons. The number of hydrogen-bond donors (Lipinski definition) is 1. The lowest BCUT2D eigenvalue weighted by atomic mass is 10.0. The van der Waals surface area contributed by atoms with Crippen molar-refractivity contribution in [3.8, 4) is 5.75 Å². The minimum atomic E-state index is -0.604. The normalized spacial score (nSPS) is 14.7. The molecule has 8 heteroatoms. The highest BCUT2D eigenvalue weighted by Crippen LogP contribution is 2.35. The van der Waals surface area contributed by atoms with Crippen LogP contribution in [-0.4, -0.2) is 35.1 Å². The van der Waals surface area contributed by atoms with Crippen LogP contribution in [-0.2, 0) is 6.54 Å². The van der Waals surface area contributed by atoms with E-state index in [1.54, 1.807) is 6.07 Å². The summed E-state index contributed by atoms with van der Waals surface area (Å²) in [5.74, 6) is -0.563. The average molecular weight is 488 g/mol. The smallest absolute Gasteiger partial charge is 0.249 e. The van der Waals surface area contributed by atoms with Crippen LogP contribution in [0.25, 0.3) is 17.0 Å². The summed E-state index contributed by atoms with van der Waals surface area (Å²) in [6.45, 7) is 2.71. The fraction of sp³-hybridized carbons (Fsp3) is 0.346. The second kappa shape index (κ2) is 10.1. The Kier molecular flexibility index (Phi) is 7.12. The van der Waals surface area contributed by atoms with Crippen molar-refractivity contribution in [2.45, 2.75) is 32.2 Å². The van der Waals surface area contributed by atoms with Gasteiger partial charge in [-0.3, -0.25) is 4.79 Å². The van der Waals surface area contributed by atoms with Gasteiger partial charge in [0.15, 0.2) is 11.6 Å². The largest absolute Gasteiger partial charge is 0.484 e. The van der Waals surface area contributed by atoms with E-state index < -0.39 is 11.7 Å². The molecule has 0 bridgehead atoms. The van der Waals surface area contributed by atoms with Crippen LogP contribution >= 0.6 is 12.4 Å². The van der Waals surface area contributed by atoms with Gasteiger partial charge in [-0.2, -0.15) is 0 Å². The fourth-order valence-corrected chi connectivity index (χ4v) is 4.56. The average Bonchev–Trinajstić information content (AvgIpc) is 3.53. The van der Waals surface area contributed by atoms with Gasteiger partial charge in [0.05, 0.1) is 16.8 Å². The number of carbonyl (C=O) groups is 1. The quantitative estimate of drug-likeness (QED) is 0.413. The van der Waals surface area contributed by atoms with Gasteiger partial charge in [0.2, 0.25) is 5.91 Å². The Hall–Kier alpha value is -3.06. The van der Waals surface area contributed by atoms with Gasteiger partial charge in [-0.25, -0.2) is 8.78 Å². The Morgan fingerprint density at radius 3 is 2.71 bits per heavy atom. The minimum Gasteiger partial charge on any atom is -0.484 e. The summed E-state index contributed by atoms with van der Waals surface area (Å²) in [6, 6.07) is 9.70. The van der Waals surface area contributed by atoms with Crippen molar-refractivity contribution < 1.29 is 18.3 Å². The Bertz CT molecular complexity index is 1240. The van der Waals surface area contributed by atoms with Gasteiger partial charge in [-0.15, -0.1) is 12.4 Å². The van der Waals surface area contributed by atoms with Gasteiger partial charge in [-0.1, -0.05) is 12.1 Å². The molecule has 2 aliphatic rings. The van der Waals surface area contributed by atoms with Crippen LogP contribution in [0, 0.1) is 17.6 Å². The molecular formula is C26H28ClF2N3O2. The lowest BCUT2D eigenvalue weighted by Gasteiger charge is -2.31. The number of carbonyl (C=O) groups excluding carboxylic acids is 1. The number of ether oxygens (including phenoxy) is 1. The molecule has 0 radical (unpaired) electrons. The number of hydrogen-bond acceptors (Lipinski definition) is 3. The number of aryl methyl sites for hydroxylation is 1. The summed E-state index contributed by atoms with van der Waals surface area (Å²) in [7, 11) is 0. The number of halogens is 3. The summed E-state index contributed by atoms with van der Waals surface area (Å²) in [5, 5.41) is 0.908. The second-order valence-electron chi connectivity index (χ2n) is 8.91. The number of para-hydroxylation sites is 1. The molecular weight excluding hydrogens is 460 g/mol. The first-order chi connectivity index (χ1) is 16.0. The lowest BCUT2D eigenvalue weighted by molar-refractivity contribution is 0.0999. The maximum absolute atomic E-state index is 14.2. The van der Waals surface area contributed by atoms with E-state index in [4.69, 9.17) is 10.5 Å². The van der Waals surface area contributed by atoms with E-state index in [2.05, 4.69) is 4.90 Å². The maximum Gasteiger partial charge on any atom is 0.249 e. The van der Waals surface area contributed by atoms with Crippen molar-refractivity contribution >= 4 is 35.3 Å². The molecule has 0 unspecified atom stereocenters. The summed E-state index contributed by atoms with van der Waals surface area (Å²) < 4.78 is 36.2. The van der Waals surface area contributed by atoms with Crippen LogP contribution in [0.5, 0.6) is 5.75 Å². The molecule has 1 saturated carbocycles. The Labute approximate surface area is 203 Å². The molecule has 2 aromatic carbocycles. The summed E-state index contributed by atoms with van der Waals surface area (Å²) in [4.78, 5) is 14.1. The standard InChI is InChI=1S/C26H27F2N3O2.ClH/c27-22-5-3-4-18-10-13-30(24(18)22)11-1-2-12-31(15-17-6-7-17)19-14-21-20(26(29)32)8-9-23(28)25(21)33-16-19;/h3-5,8-10,13-14,17H,1-2,6-7,11-12,15-16H2,(H2,29,32);1H. The topological polar surface area (TPSA) is 60.5 Å². The third-order valence-corrected chi connectivity index (χ3v) is 6.49. The Morgan fingerprint density at radius 1 is 1.12 bits per heavy atom. The van der Waals surface area contributed by atoms with E-state index in [1.807, 2.05) is 29.0 Å². The number of rotatable bonds is 9. The molecule has 1 amide bonds. The summed E-state index contributed by atoms with van der Waals surface area (Å²) >= 11 is 0. The van der Waals surface area contributed by atoms with Gasteiger partial charge < -0.3 is 19.9 Å². The highest BCUT2D eigenvalue weighted by Gasteiger charge is 2.28. The number of amides is 1. The van der Waals surface area contributed by atoms with Crippen LogP contribution in [0.3, 0.4) is 0 Å². The zero-order valence-corrected chi connectivity index (χ0v) is 19.6. The zero-order valence-electron chi connectivity index (χ0n) is 18.8. The molecule has 34 heavy (non-hydrogen) atoms. The highest BCUT2D eigenvalue weighted by atomic mass is 35.5. The van der Waals surface area contributed by atoms with Crippen LogP contribution < -0.4 is 10.5 Å². The molecule has 5 rings (SSSR count). The highest BCUT2D eigenvalue weighted by molar-refractivity contribution is 5.98. The summed E-state index contributed by atoms with van der Waals surface area (Å²) in [5.41, 5.74) is 7.76. The Morgan fingerprint density at radius 2 is 1.94 bits per heavy atom. The molecule has 2 heterocycles. The van der Waals surface area contributed by atoms with E-state index in [1.165, 1.54) is 31.0 Å². The van der Waals surface area contributed by atoms with Gasteiger partial charge >= 0.3 is 0 Å². The van der Waals surface area contributed by atoms with Crippen molar-refractivity contribution in [2.24, 2.45) is 11.7 Å². The predicted molar refractivity (Wildman–Crippen MR) is 131 cm³/mol. The SMILES string of the molecule is Cl.NC(=O)c1ccc(F)c2c1C=C(N(CCCCn1ccc3cccc(F)c31)CC1CC1)CO2. The third-order valence-electron chi connectivity index (χ3n) is 6.49. The molecule has 3 aromatic rings. The zero-order chi connectivity index (χ0) is 22.9.